The molecule has 12 rings (SSSR count). The van der Waals surface area contributed by atoms with Crippen molar-refractivity contribution in [2.75, 3.05) is 51.6 Å². The lowest BCUT2D eigenvalue weighted by molar-refractivity contribution is -0.140. The van der Waals surface area contributed by atoms with E-state index in [1.165, 1.54) is 45.6 Å². The molecule has 3 aromatic carbocycles. The Bertz CT molecular complexity index is 4150. The van der Waals surface area contributed by atoms with Crippen molar-refractivity contribution in [1.29, 1.82) is 0 Å². The van der Waals surface area contributed by atoms with Crippen molar-refractivity contribution < 1.29 is 67.1 Å². The molecule has 0 bridgehead atoms. The zero-order valence-electron chi connectivity index (χ0n) is 57.9. The third kappa shape index (κ3) is 15.5. The van der Waals surface area contributed by atoms with Crippen LogP contribution in [0.4, 0.5) is 39.5 Å². The summed E-state index contributed by atoms with van der Waals surface area (Å²) in [6.07, 6.45) is -9.29. The van der Waals surface area contributed by atoms with Crippen molar-refractivity contribution in [3.05, 3.63) is 157 Å². The summed E-state index contributed by atoms with van der Waals surface area (Å²) >= 11 is 0. The summed E-state index contributed by atoms with van der Waals surface area (Å²) in [7, 11) is -4.16. The fraction of sp³-hybridized carbons (Fsp3) is 0.575. The summed E-state index contributed by atoms with van der Waals surface area (Å²) in [5, 5.41) is 22.7. The van der Waals surface area contributed by atoms with Crippen LogP contribution in [-0.4, -0.2) is 161 Å². The van der Waals surface area contributed by atoms with Crippen molar-refractivity contribution in [3.63, 3.8) is 0 Å². The minimum atomic E-state index is -4.69. The summed E-state index contributed by atoms with van der Waals surface area (Å²) in [5.41, 5.74) is 0.579. The molecule has 5 atom stereocenters. The third-order valence-corrected chi connectivity index (χ3v) is 24.1. The van der Waals surface area contributed by atoms with E-state index in [0.29, 0.717) is 79.7 Å². The number of rotatable bonds is 14. The highest BCUT2D eigenvalue weighted by Crippen LogP contribution is 2.46. The summed E-state index contributed by atoms with van der Waals surface area (Å²) in [6, 6.07) is 14.9. The number of hydrogen-bond acceptors (Lipinski definition) is 10. The van der Waals surface area contributed by atoms with Crippen LogP contribution in [0, 0.1) is 11.3 Å². The number of carbonyl (C=O) groups is 4. The number of amides is 4. The minimum absolute atomic E-state index is 0.00963. The highest BCUT2D eigenvalue weighted by Gasteiger charge is 2.47. The van der Waals surface area contributed by atoms with Gasteiger partial charge in [0.15, 0.2) is 17.1 Å². The average molecular weight is 1430 g/mol. The van der Waals surface area contributed by atoms with Gasteiger partial charge in [-0.3, -0.25) is 39.4 Å². The van der Waals surface area contributed by atoms with Gasteiger partial charge in [-0.05, 0) is 169 Å². The van der Waals surface area contributed by atoms with Crippen LogP contribution in [0.25, 0.3) is 0 Å². The van der Waals surface area contributed by atoms with Gasteiger partial charge in [0.1, 0.15) is 0 Å². The molecule has 5 unspecified atom stereocenters. The maximum atomic E-state index is 15.6. The molecule has 0 spiro atoms. The van der Waals surface area contributed by atoms with Crippen LogP contribution in [0.5, 0.6) is 0 Å². The molecule has 3 saturated heterocycles. The number of nitrogens with zero attached hydrogens (tertiary/aromatic N) is 9. The minimum Gasteiger partial charge on any atom is -0.338 e. The lowest BCUT2D eigenvalue weighted by Crippen LogP contribution is -2.53. The van der Waals surface area contributed by atoms with Crippen LogP contribution in [0.3, 0.4) is 0 Å². The first-order valence-corrected chi connectivity index (χ1v) is 36.9. The van der Waals surface area contributed by atoms with E-state index in [1.807, 2.05) is 34.6 Å². The molecule has 3 fully saturated rings. The van der Waals surface area contributed by atoms with Crippen LogP contribution in [0.15, 0.2) is 72.8 Å². The molecule has 3 aromatic heterocycles. The zero-order chi connectivity index (χ0) is 72.3. The monoisotopic (exact) mass is 1430 g/mol. The second kappa shape index (κ2) is 28.6. The number of halogens is 9. The molecule has 0 saturated carbocycles. The van der Waals surface area contributed by atoms with E-state index in [0.717, 1.165) is 23.9 Å². The molecule has 18 nitrogen and oxygen atoms in total. The van der Waals surface area contributed by atoms with Gasteiger partial charge in [-0.1, -0.05) is 82.3 Å². The van der Waals surface area contributed by atoms with Gasteiger partial charge in [0.2, 0.25) is 15.9 Å². The zero-order valence-corrected chi connectivity index (χ0v) is 58.7. The fourth-order valence-corrected chi connectivity index (χ4v) is 18.7. The summed E-state index contributed by atoms with van der Waals surface area (Å²) in [6.45, 7) is 12.9. The third-order valence-electron chi connectivity index (χ3n) is 22.0. The van der Waals surface area contributed by atoms with Gasteiger partial charge >= 0.3 is 18.5 Å². The largest absolute Gasteiger partial charge is 0.416 e. The average Bonchev–Trinajstić information content (AvgIpc) is 1.76. The smallest absolute Gasteiger partial charge is 0.338 e. The molecule has 0 radical (unpaired) electrons. The second-order valence-corrected chi connectivity index (χ2v) is 32.3. The Morgan fingerprint density at radius 3 is 1.42 bits per heavy atom. The number of alkyl halides is 9. The van der Waals surface area contributed by atoms with Gasteiger partial charge in [0, 0.05) is 116 Å². The van der Waals surface area contributed by atoms with E-state index < -0.39 is 115 Å². The van der Waals surface area contributed by atoms with Gasteiger partial charge in [0.05, 0.1) is 22.4 Å². The van der Waals surface area contributed by atoms with Crippen LogP contribution in [0.1, 0.15) is 229 Å². The molecule has 101 heavy (non-hydrogen) atoms. The Morgan fingerprint density at radius 1 is 0.505 bits per heavy atom. The van der Waals surface area contributed by atoms with E-state index in [1.54, 1.807) is 39.8 Å². The normalized spacial score (nSPS) is 21.7. The number of aromatic amines is 3. The number of sulfonamides is 1. The first kappa shape index (κ1) is 73.2. The Hall–Kier alpha value is -7.59. The number of H-pyrrole nitrogens is 3. The number of piperidine rings is 3. The van der Waals surface area contributed by atoms with Crippen molar-refractivity contribution in [2.24, 2.45) is 11.3 Å². The Labute approximate surface area is 582 Å². The van der Waals surface area contributed by atoms with Crippen molar-refractivity contribution in [2.45, 2.75) is 205 Å². The lowest BCUT2D eigenvalue weighted by atomic mass is 9.78. The summed E-state index contributed by atoms with van der Waals surface area (Å²) in [4.78, 5) is 67.6. The molecule has 0 aliphatic carbocycles. The van der Waals surface area contributed by atoms with Gasteiger partial charge in [-0.2, -0.15) is 59.1 Å². The summed E-state index contributed by atoms with van der Waals surface area (Å²) < 4.78 is 162. The molecule has 4 amide bonds. The second-order valence-electron chi connectivity index (χ2n) is 30.3. The van der Waals surface area contributed by atoms with Gasteiger partial charge < -0.3 is 19.6 Å². The first-order valence-electron chi connectivity index (χ1n) is 35.3. The van der Waals surface area contributed by atoms with E-state index >= 15 is 9.59 Å². The molecule has 9 heterocycles. The maximum Gasteiger partial charge on any atom is 0.416 e. The summed E-state index contributed by atoms with van der Waals surface area (Å²) in [5.74, 6) is -4.22. The number of aryl methyl sites for hydroxylation is 3. The highest BCUT2D eigenvalue weighted by molar-refractivity contribution is 7.89. The predicted octanol–water partition coefficient (Wildman–Crippen LogP) is 13.5. The van der Waals surface area contributed by atoms with Crippen molar-refractivity contribution >= 4 is 33.7 Å². The maximum absolute atomic E-state index is 15.6. The van der Waals surface area contributed by atoms with Gasteiger partial charge in [0.25, 0.3) is 17.7 Å². The molecule has 6 aliphatic heterocycles. The van der Waals surface area contributed by atoms with Crippen molar-refractivity contribution in [3.8, 4) is 0 Å². The number of carbonyl (C=O) groups excluding carboxylic acids is 4. The first-order chi connectivity index (χ1) is 47.7. The SMILES string of the molecule is CC(CC1CC(c2ccccc2C(F)(F)F)CCN1C(=O)c1n[nH]c2c1CN(C(C)(C)CC1CC(c3ccccc3C(F)(F)F)CCN1C(=O)c1n[nH]c3c1CN(C(=O)C(C)(C)C)CCC3)CCC2)CS(=O)(=O)N1CCCc2[nH]nc(C(=O)N3CCC(c4ccccc4C(F)(F)F)CC3)c2C1. The number of hydrogen-bond donors (Lipinski definition) is 3. The Morgan fingerprint density at radius 2 is 0.921 bits per heavy atom. The lowest BCUT2D eigenvalue weighted by Gasteiger charge is -2.46. The van der Waals surface area contributed by atoms with E-state index in [2.05, 4.69) is 35.5 Å². The molecular weight excluding hydrogens is 1340 g/mol. The number of likely N-dealkylation sites (tertiary alicyclic amines) is 3. The quantitative estimate of drug-likeness (QED) is 0.0879. The number of benzene rings is 3. The molecular formula is C73H89F9N12O6S. The number of aromatic nitrogens is 6. The van der Waals surface area contributed by atoms with E-state index in [4.69, 9.17) is 0 Å². The van der Waals surface area contributed by atoms with Crippen molar-refractivity contribution in [1.82, 2.24) is 59.4 Å². The standard InChI is InChI=1S/C73H89F9N12O6S/c1-44(43-101(99,100)92-31-15-24-61-55(42-92)62(86-85-61)65(95)89-32-25-45(26-33-89)50-16-7-10-19-56(50)71(74,75)76)36-48-37-46(51-17-8-11-20-57(51)72(77,78)79)27-34-93(48)66(96)64-54-41-91(30-14-23-60(54)84-88-64)70(5,6)39-49-38-47(52-18-9-12-21-58(52)73(80,81)82)28-35-94(49)67(97)63-53-40-90(68(98)69(2,3)4)29-13-22-59(53)83-87-63/h7-12,16-21,44-49H,13-15,22-43H2,1-6H3,(H,83,87)(H,84,88)(H,85,86). The Kier molecular flexibility index (Phi) is 20.7. The molecule has 6 aromatic rings. The highest BCUT2D eigenvalue weighted by atomic mass is 32.2. The predicted molar refractivity (Wildman–Crippen MR) is 358 cm³/mol. The Balaban J connectivity index is 0.783. The topological polar surface area (TPSA) is 208 Å². The van der Waals surface area contributed by atoms with Crippen LogP contribution < -0.4 is 0 Å². The molecule has 546 valence electrons. The van der Waals surface area contributed by atoms with Crippen LogP contribution >= 0.6 is 0 Å². The van der Waals surface area contributed by atoms with E-state index in [9.17, 15) is 57.5 Å². The van der Waals surface area contributed by atoms with Gasteiger partial charge in [-0.25, -0.2) is 8.42 Å². The number of nitrogens with one attached hydrogen (secondary N) is 3. The van der Waals surface area contributed by atoms with Gasteiger partial charge in [-0.15, -0.1) is 0 Å². The molecule has 28 heteroatoms. The van der Waals surface area contributed by atoms with E-state index in [-0.39, 0.29) is 143 Å². The van der Waals surface area contributed by atoms with Crippen LogP contribution in [0.2, 0.25) is 0 Å². The number of fused-ring (bicyclic) bond motifs is 3. The molecule has 3 N–H and O–H groups in total. The fourth-order valence-electron chi connectivity index (χ4n) is 16.9. The molecule has 6 aliphatic rings. The van der Waals surface area contributed by atoms with Crippen LogP contribution in [-0.2, 0) is 72.2 Å².